The van der Waals surface area contributed by atoms with E-state index in [-0.39, 0.29) is 5.91 Å². The largest absolute Gasteiger partial charge is 0.350 e. The molecule has 1 N–H and O–H groups in total. The standard InChI is InChI=1S/C17H20N2OS/c1-12-6-2-3-7-13(12)18-16(20)10-11-17-19-14-8-4-5-9-15(14)21-17/h4-5,8-13H,2-3,6-7H2,1H3,(H,18,20)/b11-10+. The van der Waals surface area contributed by atoms with Crippen molar-refractivity contribution in [3.63, 3.8) is 0 Å². The number of thiazole rings is 1. The van der Waals surface area contributed by atoms with Crippen molar-refractivity contribution < 1.29 is 4.79 Å². The minimum absolute atomic E-state index is 0.00648. The molecule has 21 heavy (non-hydrogen) atoms. The maximum absolute atomic E-state index is 12.0. The number of aromatic nitrogens is 1. The molecule has 1 aromatic carbocycles. The monoisotopic (exact) mass is 300 g/mol. The first-order valence-corrected chi connectivity index (χ1v) is 8.38. The lowest BCUT2D eigenvalue weighted by molar-refractivity contribution is -0.117. The van der Waals surface area contributed by atoms with Crippen LogP contribution in [0.15, 0.2) is 30.3 Å². The average molecular weight is 300 g/mol. The van der Waals surface area contributed by atoms with Crippen LogP contribution in [0.3, 0.4) is 0 Å². The topological polar surface area (TPSA) is 42.0 Å². The molecule has 1 aliphatic carbocycles. The number of rotatable bonds is 3. The van der Waals surface area contributed by atoms with E-state index in [0.29, 0.717) is 12.0 Å². The molecule has 3 nitrogen and oxygen atoms in total. The summed E-state index contributed by atoms with van der Waals surface area (Å²) in [7, 11) is 0. The summed E-state index contributed by atoms with van der Waals surface area (Å²) in [5.41, 5.74) is 0.989. The highest BCUT2D eigenvalue weighted by Gasteiger charge is 2.21. The summed E-state index contributed by atoms with van der Waals surface area (Å²) in [5, 5.41) is 4.00. The molecule has 1 saturated carbocycles. The van der Waals surface area contributed by atoms with E-state index in [1.807, 2.05) is 30.3 Å². The van der Waals surface area contributed by atoms with E-state index in [0.717, 1.165) is 21.6 Å². The predicted molar refractivity (Wildman–Crippen MR) is 88.2 cm³/mol. The Labute approximate surface area is 129 Å². The second-order valence-corrected chi connectivity index (χ2v) is 6.79. The molecule has 0 saturated heterocycles. The van der Waals surface area contributed by atoms with Crippen molar-refractivity contribution in [1.29, 1.82) is 0 Å². The van der Waals surface area contributed by atoms with Gasteiger partial charge in [-0.05, 0) is 37.0 Å². The van der Waals surface area contributed by atoms with Gasteiger partial charge in [0.15, 0.2) is 0 Å². The maximum atomic E-state index is 12.0. The molecule has 2 unspecified atom stereocenters. The van der Waals surface area contributed by atoms with Gasteiger partial charge in [-0.1, -0.05) is 31.9 Å². The number of hydrogen-bond acceptors (Lipinski definition) is 3. The van der Waals surface area contributed by atoms with E-state index in [4.69, 9.17) is 0 Å². The van der Waals surface area contributed by atoms with E-state index in [9.17, 15) is 4.79 Å². The first-order chi connectivity index (χ1) is 10.2. The Balaban J connectivity index is 1.63. The van der Waals surface area contributed by atoms with Crippen molar-refractivity contribution in [2.75, 3.05) is 0 Å². The number of carbonyl (C=O) groups excluding carboxylic acids is 1. The number of nitrogens with zero attached hydrogens (tertiary/aromatic N) is 1. The lowest BCUT2D eigenvalue weighted by atomic mass is 9.86. The highest BCUT2D eigenvalue weighted by molar-refractivity contribution is 7.19. The summed E-state index contributed by atoms with van der Waals surface area (Å²) < 4.78 is 1.15. The van der Waals surface area contributed by atoms with Gasteiger partial charge in [-0.3, -0.25) is 4.79 Å². The zero-order chi connectivity index (χ0) is 14.7. The summed E-state index contributed by atoms with van der Waals surface area (Å²) in [6, 6.07) is 8.35. The molecule has 0 radical (unpaired) electrons. The third-order valence-electron chi connectivity index (χ3n) is 4.13. The molecule has 4 heteroatoms. The summed E-state index contributed by atoms with van der Waals surface area (Å²) >= 11 is 1.61. The second-order valence-electron chi connectivity index (χ2n) is 5.73. The van der Waals surface area contributed by atoms with Crippen LogP contribution >= 0.6 is 11.3 Å². The molecule has 1 fully saturated rings. The molecule has 1 aromatic heterocycles. The smallest absolute Gasteiger partial charge is 0.244 e. The highest BCUT2D eigenvalue weighted by Crippen LogP contribution is 2.24. The summed E-state index contributed by atoms with van der Waals surface area (Å²) in [6.07, 6.45) is 8.24. The molecule has 1 amide bonds. The molecule has 110 valence electrons. The quantitative estimate of drug-likeness (QED) is 0.870. The van der Waals surface area contributed by atoms with Crippen molar-refractivity contribution >= 4 is 33.5 Å². The fourth-order valence-corrected chi connectivity index (χ4v) is 3.74. The van der Waals surface area contributed by atoms with Gasteiger partial charge in [0.1, 0.15) is 5.01 Å². The van der Waals surface area contributed by atoms with Crippen LogP contribution in [0.2, 0.25) is 0 Å². The molecule has 2 atom stereocenters. The second kappa shape index (κ2) is 6.39. The number of nitrogens with one attached hydrogen (secondary N) is 1. The minimum atomic E-state index is -0.00648. The van der Waals surface area contributed by atoms with E-state index < -0.39 is 0 Å². The Morgan fingerprint density at radius 1 is 1.33 bits per heavy atom. The lowest BCUT2D eigenvalue weighted by Crippen LogP contribution is -2.40. The van der Waals surface area contributed by atoms with Crippen molar-refractivity contribution in [2.24, 2.45) is 5.92 Å². The van der Waals surface area contributed by atoms with Gasteiger partial charge in [0.2, 0.25) is 5.91 Å². The fourth-order valence-electron chi connectivity index (χ4n) is 2.87. The third-order valence-corrected chi connectivity index (χ3v) is 5.13. The summed E-state index contributed by atoms with van der Waals surface area (Å²) in [5.74, 6) is 0.576. The molecule has 0 aliphatic heterocycles. The number of amides is 1. The zero-order valence-electron chi connectivity index (χ0n) is 12.2. The highest BCUT2D eigenvalue weighted by atomic mass is 32.1. The van der Waals surface area contributed by atoms with Gasteiger partial charge < -0.3 is 5.32 Å². The van der Waals surface area contributed by atoms with Crippen molar-refractivity contribution in [2.45, 2.75) is 38.6 Å². The molecular formula is C17H20N2OS. The van der Waals surface area contributed by atoms with Gasteiger partial charge in [-0.15, -0.1) is 11.3 Å². The van der Waals surface area contributed by atoms with Crippen LogP contribution in [-0.4, -0.2) is 16.9 Å². The van der Waals surface area contributed by atoms with Crippen LogP contribution in [0.1, 0.15) is 37.6 Å². The third kappa shape index (κ3) is 3.50. The van der Waals surface area contributed by atoms with E-state index in [1.165, 1.54) is 19.3 Å². The fraction of sp³-hybridized carbons (Fsp3) is 0.412. The Morgan fingerprint density at radius 3 is 2.95 bits per heavy atom. The molecule has 0 bridgehead atoms. The molecule has 2 aromatic rings. The van der Waals surface area contributed by atoms with Gasteiger partial charge >= 0.3 is 0 Å². The maximum Gasteiger partial charge on any atom is 0.244 e. The van der Waals surface area contributed by atoms with Gasteiger partial charge in [-0.2, -0.15) is 0 Å². The first kappa shape index (κ1) is 14.3. The molecule has 0 spiro atoms. The normalized spacial score (nSPS) is 22.7. The number of benzene rings is 1. The lowest BCUT2D eigenvalue weighted by Gasteiger charge is -2.29. The van der Waals surface area contributed by atoms with Crippen LogP contribution in [0, 0.1) is 5.92 Å². The van der Waals surface area contributed by atoms with Gasteiger partial charge in [-0.25, -0.2) is 4.98 Å². The minimum Gasteiger partial charge on any atom is -0.350 e. The van der Waals surface area contributed by atoms with E-state index in [2.05, 4.69) is 17.2 Å². The Hall–Kier alpha value is -1.68. The Kier molecular flexibility index (Phi) is 4.34. The number of fused-ring (bicyclic) bond motifs is 1. The van der Waals surface area contributed by atoms with Gasteiger partial charge in [0.25, 0.3) is 0 Å². The summed E-state index contributed by atoms with van der Waals surface area (Å²) in [4.78, 5) is 16.5. The van der Waals surface area contributed by atoms with Crippen LogP contribution in [-0.2, 0) is 4.79 Å². The predicted octanol–water partition coefficient (Wildman–Crippen LogP) is 4.00. The number of carbonyl (C=O) groups is 1. The van der Waals surface area contributed by atoms with E-state index >= 15 is 0 Å². The Bertz CT molecular complexity index is 629. The van der Waals surface area contributed by atoms with Crippen LogP contribution in [0.5, 0.6) is 0 Å². The van der Waals surface area contributed by atoms with Crippen molar-refractivity contribution in [1.82, 2.24) is 10.3 Å². The average Bonchev–Trinajstić information content (AvgIpc) is 2.90. The van der Waals surface area contributed by atoms with Crippen LogP contribution < -0.4 is 5.32 Å². The number of para-hydroxylation sites is 1. The zero-order valence-corrected chi connectivity index (χ0v) is 13.0. The molecule has 1 aliphatic rings. The Morgan fingerprint density at radius 2 is 2.14 bits per heavy atom. The molecule has 3 rings (SSSR count). The van der Waals surface area contributed by atoms with Crippen LogP contribution in [0.4, 0.5) is 0 Å². The first-order valence-electron chi connectivity index (χ1n) is 7.56. The molecule has 1 heterocycles. The van der Waals surface area contributed by atoms with Gasteiger partial charge in [0.05, 0.1) is 10.2 Å². The van der Waals surface area contributed by atoms with E-state index in [1.54, 1.807) is 17.4 Å². The SMILES string of the molecule is CC1CCCCC1NC(=O)/C=C/c1nc2ccccc2s1. The number of hydrogen-bond donors (Lipinski definition) is 1. The summed E-state index contributed by atoms with van der Waals surface area (Å²) in [6.45, 7) is 2.22. The van der Waals surface area contributed by atoms with Crippen molar-refractivity contribution in [3.8, 4) is 0 Å². The van der Waals surface area contributed by atoms with Gasteiger partial charge in [0, 0.05) is 12.1 Å². The van der Waals surface area contributed by atoms with Crippen LogP contribution in [0.25, 0.3) is 16.3 Å². The molecular weight excluding hydrogens is 280 g/mol. The van der Waals surface area contributed by atoms with Crippen molar-refractivity contribution in [3.05, 3.63) is 35.3 Å².